The van der Waals surface area contributed by atoms with Crippen molar-refractivity contribution in [2.24, 2.45) is 11.8 Å². The molecule has 2 rings (SSSR count). The van der Waals surface area contributed by atoms with Crippen molar-refractivity contribution in [1.29, 1.82) is 0 Å². The highest BCUT2D eigenvalue weighted by atomic mass is 16.6. The van der Waals surface area contributed by atoms with Crippen molar-refractivity contribution in [2.75, 3.05) is 6.61 Å². The molecule has 4 atom stereocenters. The van der Waals surface area contributed by atoms with Gasteiger partial charge in [-0.2, -0.15) is 0 Å². The standard InChI is InChI=1S/C19H29NO4/c1-12(2)15(20-18(22)24-19(3,4)5)16(21)14-11-23-17(14)13-9-7-6-8-10-13/h6-10,12,14-17,21H,11H2,1-5H3,(H,20,22)/t14-,15-,16-,17-/m1/s1. The van der Waals surface area contributed by atoms with Gasteiger partial charge >= 0.3 is 6.09 Å². The highest BCUT2D eigenvalue weighted by Gasteiger charge is 2.43. The van der Waals surface area contributed by atoms with Gasteiger partial charge in [0.05, 0.1) is 24.9 Å². The lowest BCUT2D eigenvalue weighted by molar-refractivity contribution is -0.169. The molecule has 1 aromatic carbocycles. The minimum atomic E-state index is -0.698. The van der Waals surface area contributed by atoms with Crippen LogP contribution in [0.2, 0.25) is 0 Å². The predicted molar refractivity (Wildman–Crippen MR) is 92.6 cm³/mol. The average molecular weight is 335 g/mol. The van der Waals surface area contributed by atoms with Crippen molar-refractivity contribution in [3.05, 3.63) is 35.9 Å². The monoisotopic (exact) mass is 335 g/mol. The fraction of sp³-hybridized carbons (Fsp3) is 0.632. The predicted octanol–water partition coefficient (Wildman–Crippen LogP) is 3.28. The number of amides is 1. The summed E-state index contributed by atoms with van der Waals surface area (Å²) in [6, 6.07) is 9.47. The van der Waals surface area contributed by atoms with Gasteiger partial charge in [-0.3, -0.25) is 0 Å². The van der Waals surface area contributed by atoms with Gasteiger partial charge in [-0.15, -0.1) is 0 Å². The van der Waals surface area contributed by atoms with Crippen molar-refractivity contribution in [1.82, 2.24) is 5.32 Å². The molecule has 0 bridgehead atoms. The molecule has 1 amide bonds. The maximum atomic E-state index is 12.1. The van der Waals surface area contributed by atoms with Crippen LogP contribution < -0.4 is 5.32 Å². The van der Waals surface area contributed by atoms with E-state index in [-0.39, 0.29) is 24.0 Å². The molecule has 0 unspecified atom stereocenters. The maximum Gasteiger partial charge on any atom is 0.407 e. The van der Waals surface area contributed by atoms with Crippen LogP contribution in [0.25, 0.3) is 0 Å². The molecule has 5 nitrogen and oxygen atoms in total. The van der Waals surface area contributed by atoms with Crippen LogP contribution >= 0.6 is 0 Å². The van der Waals surface area contributed by atoms with Gasteiger partial charge < -0.3 is 19.9 Å². The van der Waals surface area contributed by atoms with E-state index in [0.29, 0.717) is 6.61 Å². The van der Waals surface area contributed by atoms with Gasteiger partial charge in [0.15, 0.2) is 0 Å². The molecule has 1 fully saturated rings. The number of carbonyl (C=O) groups is 1. The molecule has 0 radical (unpaired) electrons. The van der Waals surface area contributed by atoms with Crippen LogP contribution in [-0.4, -0.2) is 35.6 Å². The smallest absolute Gasteiger partial charge is 0.407 e. The molecule has 0 aromatic heterocycles. The van der Waals surface area contributed by atoms with Crippen molar-refractivity contribution in [3.8, 4) is 0 Å². The number of hydrogen-bond donors (Lipinski definition) is 2. The number of rotatable bonds is 5. The summed E-state index contributed by atoms with van der Waals surface area (Å²) in [7, 11) is 0. The van der Waals surface area contributed by atoms with Crippen LogP contribution in [-0.2, 0) is 9.47 Å². The van der Waals surface area contributed by atoms with Gasteiger partial charge in [0.25, 0.3) is 0 Å². The number of carbonyl (C=O) groups excluding carboxylic acids is 1. The van der Waals surface area contributed by atoms with E-state index in [1.54, 1.807) is 0 Å². The number of nitrogens with one attached hydrogen (secondary N) is 1. The third kappa shape index (κ3) is 4.71. The van der Waals surface area contributed by atoms with Crippen molar-refractivity contribution >= 4 is 6.09 Å². The Hall–Kier alpha value is -1.59. The van der Waals surface area contributed by atoms with Crippen molar-refractivity contribution in [2.45, 2.75) is 58.5 Å². The summed E-state index contributed by atoms with van der Waals surface area (Å²) >= 11 is 0. The zero-order valence-corrected chi connectivity index (χ0v) is 15.2. The quantitative estimate of drug-likeness (QED) is 0.866. The highest BCUT2D eigenvalue weighted by molar-refractivity contribution is 5.68. The van der Waals surface area contributed by atoms with E-state index in [9.17, 15) is 9.90 Å². The van der Waals surface area contributed by atoms with Crippen LogP contribution in [0.1, 0.15) is 46.3 Å². The lowest BCUT2D eigenvalue weighted by atomic mass is 9.81. The van der Waals surface area contributed by atoms with Gasteiger partial charge in [-0.1, -0.05) is 44.2 Å². The number of alkyl carbamates (subject to hydrolysis) is 1. The molecule has 5 heteroatoms. The lowest BCUT2D eigenvalue weighted by Crippen LogP contribution is -2.55. The third-order valence-electron chi connectivity index (χ3n) is 4.19. The minimum Gasteiger partial charge on any atom is -0.444 e. The SMILES string of the molecule is CC(C)[C@@H](NC(=O)OC(C)(C)C)[C@H](O)[C@H]1CO[C@@H]1c1ccccc1. The van der Waals surface area contributed by atoms with E-state index >= 15 is 0 Å². The van der Waals surface area contributed by atoms with E-state index in [1.165, 1.54) is 0 Å². The Balaban J connectivity index is 2.04. The largest absolute Gasteiger partial charge is 0.444 e. The van der Waals surface area contributed by atoms with Gasteiger partial charge in [-0.05, 0) is 32.3 Å². The minimum absolute atomic E-state index is 0.0465. The zero-order chi connectivity index (χ0) is 17.9. The molecule has 0 saturated carbocycles. The molecule has 2 N–H and O–H groups in total. The van der Waals surface area contributed by atoms with E-state index in [0.717, 1.165) is 5.56 Å². The summed E-state index contributed by atoms with van der Waals surface area (Å²) in [5.41, 5.74) is 0.482. The summed E-state index contributed by atoms with van der Waals surface area (Å²) in [6.07, 6.45) is -1.34. The first-order chi connectivity index (χ1) is 11.2. The van der Waals surface area contributed by atoms with Crippen LogP contribution in [0.5, 0.6) is 0 Å². The fourth-order valence-electron chi connectivity index (χ4n) is 2.92. The Morgan fingerprint density at radius 3 is 2.38 bits per heavy atom. The molecule has 1 aromatic rings. The maximum absolute atomic E-state index is 12.1. The summed E-state index contributed by atoms with van der Waals surface area (Å²) in [4.78, 5) is 12.1. The van der Waals surface area contributed by atoms with Crippen LogP contribution in [0.4, 0.5) is 4.79 Å². The van der Waals surface area contributed by atoms with E-state index in [4.69, 9.17) is 9.47 Å². The van der Waals surface area contributed by atoms with E-state index in [1.807, 2.05) is 65.0 Å². The summed E-state index contributed by atoms with van der Waals surface area (Å²) in [6.45, 7) is 9.89. The molecule has 134 valence electrons. The molecule has 1 aliphatic rings. The Labute approximate surface area is 144 Å². The second kappa shape index (κ2) is 7.53. The second-order valence-corrected chi connectivity index (χ2v) is 7.74. The zero-order valence-electron chi connectivity index (χ0n) is 15.2. The molecule has 1 heterocycles. The number of aliphatic hydroxyl groups is 1. The molecule has 1 saturated heterocycles. The number of ether oxygens (including phenoxy) is 2. The highest BCUT2D eigenvalue weighted by Crippen LogP contribution is 2.39. The van der Waals surface area contributed by atoms with Gasteiger partial charge in [-0.25, -0.2) is 4.79 Å². The Morgan fingerprint density at radius 2 is 1.92 bits per heavy atom. The Bertz CT molecular complexity index is 538. The second-order valence-electron chi connectivity index (χ2n) is 7.74. The summed E-state index contributed by atoms with van der Waals surface area (Å²) < 4.78 is 11.0. The fourth-order valence-corrected chi connectivity index (χ4v) is 2.92. The first-order valence-corrected chi connectivity index (χ1v) is 8.53. The summed E-state index contributed by atoms with van der Waals surface area (Å²) in [5.74, 6) is 0.0271. The normalized spacial score (nSPS) is 23.3. The lowest BCUT2D eigenvalue weighted by Gasteiger charge is -2.43. The van der Waals surface area contributed by atoms with Gasteiger partial charge in [0.2, 0.25) is 0 Å². The van der Waals surface area contributed by atoms with E-state index in [2.05, 4.69) is 5.32 Å². The summed E-state index contributed by atoms with van der Waals surface area (Å²) in [5, 5.41) is 13.7. The number of hydrogen-bond acceptors (Lipinski definition) is 4. The molecule has 24 heavy (non-hydrogen) atoms. The molecular formula is C19H29NO4. The molecule has 0 spiro atoms. The molecular weight excluding hydrogens is 306 g/mol. The average Bonchev–Trinajstić information content (AvgIpc) is 2.42. The Morgan fingerprint density at radius 1 is 1.29 bits per heavy atom. The Kier molecular flexibility index (Phi) is 5.88. The van der Waals surface area contributed by atoms with E-state index < -0.39 is 17.8 Å². The molecule has 1 aliphatic heterocycles. The van der Waals surface area contributed by atoms with Crippen LogP contribution in [0.15, 0.2) is 30.3 Å². The van der Waals surface area contributed by atoms with Gasteiger partial charge in [0, 0.05) is 5.92 Å². The molecule has 0 aliphatic carbocycles. The van der Waals surface area contributed by atoms with Crippen LogP contribution in [0.3, 0.4) is 0 Å². The topological polar surface area (TPSA) is 67.8 Å². The number of aliphatic hydroxyl groups excluding tert-OH is 1. The van der Waals surface area contributed by atoms with Crippen molar-refractivity contribution < 1.29 is 19.4 Å². The van der Waals surface area contributed by atoms with Gasteiger partial charge in [0.1, 0.15) is 5.60 Å². The number of benzene rings is 1. The van der Waals surface area contributed by atoms with Crippen LogP contribution in [0, 0.1) is 11.8 Å². The first kappa shape index (κ1) is 18.7. The third-order valence-corrected chi connectivity index (χ3v) is 4.19. The van der Waals surface area contributed by atoms with Crippen molar-refractivity contribution in [3.63, 3.8) is 0 Å². The first-order valence-electron chi connectivity index (χ1n) is 8.53.